The first-order chi connectivity index (χ1) is 6.88. The molecule has 1 fully saturated rings. The molecule has 0 aromatic heterocycles. The van der Waals surface area contributed by atoms with Crippen molar-refractivity contribution >= 4 is 20.1 Å². The zero-order chi connectivity index (χ0) is 11.6. The first kappa shape index (κ1) is 12.2. The van der Waals surface area contributed by atoms with Gasteiger partial charge in [-0.05, 0) is 13.3 Å². The smallest absolute Gasteiger partial charge is 0.328 e. The van der Waals surface area contributed by atoms with Crippen LogP contribution < -0.4 is 0 Å². The Morgan fingerprint density at radius 1 is 1.53 bits per heavy atom. The maximum absolute atomic E-state index is 11.7. The number of carbonyl (C=O) groups is 2. The third-order valence-corrected chi connectivity index (χ3v) is 4.50. The van der Waals surface area contributed by atoms with E-state index >= 15 is 0 Å². The summed E-state index contributed by atoms with van der Waals surface area (Å²) in [7, 11) is -1.76. The van der Waals surface area contributed by atoms with Gasteiger partial charge in [0.2, 0.25) is 5.91 Å². The molecule has 1 amide bonds. The van der Waals surface area contributed by atoms with Gasteiger partial charge in [-0.2, -0.15) is 0 Å². The minimum Gasteiger partial charge on any atom is -0.464 e. The molecule has 0 bridgehead atoms. The monoisotopic (exact) mass is 229 g/mol. The number of esters is 1. The van der Waals surface area contributed by atoms with E-state index in [0.717, 1.165) is 0 Å². The summed E-state index contributed by atoms with van der Waals surface area (Å²) in [4.78, 5) is 23.3. The second kappa shape index (κ2) is 4.34. The summed E-state index contributed by atoms with van der Waals surface area (Å²) < 4.78 is 6.77. The molecule has 0 aliphatic carbocycles. The van der Waals surface area contributed by atoms with Gasteiger partial charge in [0.15, 0.2) is 8.24 Å². The molecule has 1 atom stereocenters. The van der Waals surface area contributed by atoms with Crippen molar-refractivity contribution in [1.82, 2.24) is 4.57 Å². The van der Waals surface area contributed by atoms with Crippen molar-refractivity contribution in [1.29, 1.82) is 0 Å². The second-order valence-corrected chi connectivity index (χ2v) is 9.56. The van der Waals surface area contributed by atoms with Crippen LogP contribution in [0.5, 0.6) is 0 Å². The van der Waals surface area contributed by atoms with Crippen molar-refractivity contribution in [3.63, 3.8) is 0 Å². The summed E-state index contributed by atoms with van der Waals surface area (Å²) in [6.45, 7) is 8.38. The van der Waals surface area contributed by atoms with Crippen LogP contribution in [-0.4, -0.2) is 37.3 Å². The third kappa shape index (κ3) is 2.59. The van der Waals surface area contributed by atoms with Crippen LogP contribution in [0.4, 0.5) is 0 Å². The number of ether oxygens (including phenoxy) is 1. The first-order valence-corrected chi connectivity index (χ1v) is 8.81. The molecule has 1 unspecified atom stereocenters. The molecule has 0 aromatic rings. The molecular weight excluding hydrogens is 210 g/mol. The first-order valence-electron chi connectivity index (χ1n) is 5.36. The van der Waals surface area contributed by atoms with Crippen LogP contribution in [0.2, 0.25) is 19.6 Å². The Balaban J connectivity index is 2.81. The van der Waals surface area contributed by atoms with Gasteiger partial charge in [-0.25, -0.2) is 4.79 Å². The van der Waals surface area contributed by atoms with Crippen LogP contribution in [0.15, 0.2) is 0 Å². The molecule has 0 aromatic carbocycles. The molecule has 1 rings (SSSR count). The van der Waals surface area contributed by atoms with Gasteiger partial charge in [-0.15, -0.1) is 0 Å². The number of carbonyl (C=O) groups excluding carboxylic acids is 2. The Labute approximate surface area is 91.7 Å². The molecule has 0 N–H and O–H groups in total. The molecule has 1 aliphatic rings. The highest BCUT2D eigenvalue weighted by Gasteiger charge is 2.43. The van der Waals surface area contributed by atoms with Crippen molar-refractivity contribution < 1.29 is 14.3 Å². The van der Waals surface area contributed by atoms with Crippen LogP contribution in [0, 0.1) is 0 Å². The van der Waals surface area contributed by atoms with Crippen LogP contribution in [0.3, 0.4) is 0 Å². The Morgan fingerprint density at radius 2 is 2.13 bits per heavy atom. The van der Waals surface area contributed by atoms with Gasteiger partial charge < -0.3 is 9.30 Å². The highest BCUT2D eigenvalue weighted by molar-refractivity contribution is 6.75. The summed E-state index contributed by atoms with van der Waals surface area (Å²) in [5, 5.41) is 0. The van der Waals surface area contributed by atoms with Gasteiger partial charge in [0, 0.05) is 6.42 Å². The van der Waals surface area contributed by atoms with Crippen molar-refractivity contribution in [2.45, 2.75) is 45.4 Å². The molecule has 4 nitrogen and oxygen atoms in total. The van der Waals surface area contributed by atoms with E-state index in [1.54, 1.807) is 11.5 Å². The minimum absolute atomic E-state index is 0.104. The van der Waals surface area contributed by atoms with Crippen molar-refractivity contribution in [2.24, 2.45) is 0 Å². The van der Waals surface area contributed by atoms with Crippen LogP contribution in [-0.2, 0) is 14.3 Å². The van der Waals surface area contributed by atoms with E-state index < -0.39 is 8.24 Å². The summed E-state index contributed by atoms with van der Waals surface area (Å²) >= 11 is 0. The summed E-state index contributed by atoms with van der Waals surface area (Å²) in [5.74, 6) is -0.141. The normalized spacial score (nSPS) is 22.0. The van der Waals surface area contributed by atoms with Gasteiger partial charge in [0.25, 0.3) is 0 Å². The lowest BCUT2D eigenvalue weighted by Crippen LogP contribution is -2.53. The maximum atomic E-state index is 11.7. The van der Waals surface area contributed by atoms with Gasteiger partial charge in [0.1, 0.15) is 6.04 Å². The van der Waals surface area contributed by atoms with Gasteiger partial charge in [0.05, 0.1) is 6.61 Å². The van der Waals surface area contributed by atoms with Crippen LogP contribution in [0.1, 0.15) is 19.8 Å². The number of amides is 1. The Bertz CT molecular complexity index is 272. The molecule has 5 heteroatoms. The topological polar surface area (TPSA) is 46.6 Å². The van der Waals surface area contributed by atoms with E-state index in [1.165, 1.54) is 0 Å². The Morgan fingerprint density at radius 3 is 2.60 bits per heavy atom. The quantitative estimate of drug-likeness (QED) is 0.542. The lowest BCUT2D eigenvalue weighted by molar-refractivity contribution is -0.149. The summed E-state index contributed by atoms with van der Waals surface area (Å²) in [6.07, 6.45) is 1.09. The predicted octanol–water partition coefficient (Wildman–Crippen LogP) is 1.38. The van der Waals surface area contributed by atoms with E-state index in [1.807, 2.05) is 0 Å². The fourth-order valence-corrected chi connectivity index (χ4v) is 4.02. The number of hydrogen-bond acceptors (Lipinski definition) is 3. The minimum atomic E-state index is -1.76. The molecule has 0 saturated carbocycles. The van der Waals surface area contributed by atoms with Crippen molar-refractivity contribution in [3.05, 3.63) is 0 Å². The SMILES string of the molecule is CCOC(=O)C1CCC(=O)N1[Si](C)(C)C. The maximum Gasteiger partial charge on any atom is 0.328 e. The van der Waals surface area contributed by atoms with Gasteiger partial charge >= 0.3 is 5.97 Å². The average molecular weight is 229 g/mol. The highest BCUT2D eigenvalue weighted by atomic mass is 28.3. The molecular formula is C10H19NO3Si. The largest absolute Gasteiger partial charge is 0.464 e. The predicted molar refractivity (Wildman–Crippen MR) is 59.8 cm³/mol. The van der Waals surface area contributed by atoms with E-state index in [4.69, 9.17) is 4.74 Å². The molecule has 86 valence electrons. The molecule has 1 saturated heterocycles. The van der Waals surface area contributed by atoms with E-state index in [-0.39, 0.29) is 17.9 Å². The lowest BCUT2D eigenvalue weighted by atomic mass is 10.2. The molecule has 1 aliphatic heterocycles. The average Bonchev–Trinajstić information content (AvgIpc) is 2.46. The molecule has 0 spiro atoms. The van der Waals surface area contributed by atoms with Crippen LogP contribution in [0.25, 0.3) is 0 Å². The van der Waals surface area contributed by atoms with Gasteiger partial charge in [-0.3, -0.25) is 4.79 Å². The third-order valence-electron chi connectivity index (χ3n) is 2.49. The summed E-state index contributed by atoms with van der Waals surface area (Å²) in [6, 6.07) is -0.330. The van der Waals surface area contributed by atoms with Gasteiger partial charge in [-0.1, -0.05) is 19.6 Å². The Hall–Kier alpha value is -0.843. The zero-order valence-corrected chi connectivity index (χ0v) is 10.9. The van der Waals surface area contributed by atoms with Crippen molar-refractivity contribution in [3.8, 4) is 0 Å². The van der Waals surface area contributed by atoms with Crippen molar-refractivity contribution in [2.75, 3.05) is 6.61 Å². The lowest BCUT2D eigenvalue weighted by Gasteiger charge is -2.34. The van der Waals surface area contributed by atoms with Crippen LogP contribution >= 0.6 is 0 Å². The highest BCUT2D eigenvalue weighted by Crippen LogP contribution is 2.26. The van der Waals surface area contributed by atoms with E-state index in [0.29, 0.717) is 19.4 Å². The molecule has 1 heterocycles. The number of nitrogens with zero attached hydrogens (tertiary/aromatic N) is 1. The molecule has 15 heavy (non-hydrogen) atoms. The Kier molecular flexibility index (Phi) is 3.54. The molecule has 0 radical (unpaired) electrons. The fourth-order valence-electron chi connectivity index (χ4n) is 1.99. The second-order valence-electron chi connectivity index (χ2n) is 4.74. The van der Waals surface area contributed by atoms with E-state index in [2.05, 4.69) is 19.6 Å². The van der Waals surface area contributed by atoms with E-state index in [9.17, 15) is 9.59 Å². The fraction of sp³-hybridized carbons (Fsp3) is 0.800. The number of hydrogen-bond donors (Lipinski definition) is 0. The summed E-state index contributed by atoms with van der Waals surface area (Å²) in [5.41, 5.74) is 0. The number of rotatable bonds is 3. The zero-order valence-electron chi connectivity index (χ0n) is 9.87. The standard InChI is InChI=1S/C10H19NO3Si/c1-5-14-10(13)8-6-7-9(12)11(8)15(2,3)4/h8H,5-7H2,1-4H3.